The predicted octanol–water partition coefficient (Wildman–Crippen LogP) is 5.15. The number of carbonyl (C=O) groups is 2. The number of hydrogen-bond donors (Lipinski definition) is 1. The maximum absolute atomic E-state index is 13.4. The summed E-state index contributed by atoms with van der Waals surface area (Å²) in [5, 5.41) is 3.41. The van der Waals surface area contributed by atoms with Crippen LogP contribution >= 0.6 is 23.8 Å². The number of hydrogen-bond acceptors (Lipinski definition) is 3. The minimum absolute atomic E-state index is 0.179. The van der Waals surface area contributed by atoms with Gasteiger partial charge in [-0.1, -0.05) is 23.7 Å². The number of halogens is 3. The highest BCUT2D eigenvalue weighted by Gasteiger charge is 2.44. The fraction of sp³-hybridized carbons (Fsp3) is 0.125. The molecule has 2 amide bonds. The van der Waals surface area contributed by atoms with Gasteiger partial charge in [-0.25, -0.2) is 8.78 Å². The van der Waals surface area contributed by atoms with E-state index < -0.39 is 17.8 Å². The van der Waals surface area contributed by atoms with E-state index in [2.05, 4.69) is 5.32 Å². The Hall–Kier alpha value is -3.36. The molecule has 1 N–H and O–H groups in total. The molecule has 3 aromatic carbocycles. The van der Waals surface area contributed by atoms with Crippen molar-refractivity contribution in [1.29, 1.82) is 0 Å². The van der Waals surface area contributed by atoms with Crippen LogP contribution in [0.2, 0.25) is 5.02 Å². The highest BCUT2D eigenvalue weighted by molar-refractivity contribution is 7.80. The summed E-state index contributed by atoms with van der Waals surface area (Å²) in [5.74, 6) is -1.59. The van der Waals surface area contributed by atoms with Gasteiger partial charge in [-0.2, -0.15) is 0 Å². The molecule has 9 heteroatoms. The van der Waals surface area contributed by atoms with Crippen molar-refractivity contribution in [2.45, 2.75) is 19.0 Å². The average molecular weight is 486 g/mol. The van der Waals surface area contributed by atoms with Gasteiger partial charge >= 0.3 is 0 Å². The fourth-order valence-electron chi connectivity index (χ4n) is 3.55. The molecule has 0 aromatic heterocycles. The number of rotatable bonds is 6. The van der Waals surface area contributed by atoms with Gasteiger partial charge in [0.2, 0.25) is 5.91 Å². The first-order valence-electron chi connectivity index (χ1n) is 10.0. The second-order valence-corrected chi connectivity index (χ2v) is 8.26. The normalized spacial score (nSPS) is 15.8. The lowest BCUT2D eigenvalue weighted by atomic mass is 10.1. The van der Waals surface area contributed by atoms with E-state index in [9.17, 15) is 18.4 Å². The van der Waals surface area contributed by atoms with Gasteiger partial charge in [0, 0.05) is 17.3 Å². The highest BCUT2D eigenvalue weighted by Crippen LogP contribution is 2.29. The van der Waals surface area contributed by atoms with Crippen molar-refractivity contribution < 1.29 is 18.4 Å². The summed E-state index contributed by atoms with van der Waals surface area (Å²) in [6.07, 6.45) is -0.179. The molecule has 3 aromatic rings. The summed E-state index contributed by atoms with van der Waals surface area (Å²) in [7, 11) is 0. The highest BCUT2D eigenvalue weighted by atomic mass is 35.5. The quantitative estimate of drug-likeness (QED) is 0.491. The third-order valence-corrected chi connectivity index (χ3v) is 5.85. The van der Waals surface area contributed by atoms with Gasteiger partial charge < -0.3 is 10.2 Å². The van der Waals surface area contributed by atoms with Crippen molar-refractivity contribution in [3.63, 3.8) is 0 Å². The summed E-state index contributed by atoms with van der Waals surface area (Å²) >= 11 is 11.6. The van der Waals surface area contributed by atoms with Gasteiger partial charge in [0.1, 0.15) is 17.7 Å². The molecule has 1 fully saturated rings. The standard InChI is InChI=1S/C24H18ClF2N3O2S/c25-16-3-11-20(12-4-16)30-23(32)21(13-22(31)28-19-9-7-18(27)8-10-19)29(24(30)33)14-15-1-5-17(26)6-2-15/h1-12,21H,13-14H2,(H,28,31). The lowest BCUT2D eigenvalue weighted by Crippen LogP contribution is -2.37. The van der Waals surface area contributed by atoms with Crippen LogP contribution in [0.4, 0.5) is 20.2 Å². The van der Waals surface area contributed by atoms with E-state index >= 15 is 0 Å². The van der Waals surface area contributed by atoms with E-state index in [0.717, 1.165) is 5.56 Å². The van der Waals surface area contributed by atoms with Crippen LogP contribution in [-0.4, -0.2) is 27.9 Å². The van der Waals surface area contributed by atoms with Crippen LogP contribution in [0.25, 0.3) is 0 Å². The third kappa shape index (κ3) is 5.18. The number of benzene rings is 3. The molecule has 1 unspecified atom stereocenters. The van der Waals surface area contributed by atoms with Crippen molar-refractivity contribution in [1.82, 2.24) is 4.90 Å². The Labute approximate surface area is 199 Å². The van der Waals surface area contributed by atoms with Crippen LogP contribution in [0.3, 0.4) is 0 Å². The molecule has 4 rings (SSSR count). The monoisotopic (exact) mass is 485 g/mol. The van der Waals surface area contributed by atoms with Gasteiger partial charge in [-0.3, -0.25) is 14.5 Å². The lowest BCUT2D eigenvalue weighted by Gasteiger charge is -2.24. The summed E-state index contributed by atoms with van der Waals surface area (Å²) in [6.45, 7) is 0.212. The SMILES string of the molecule is O=C(CC1C(=O)N(c2ccc(Cl)cc2)C(=S)N1Cc1ccc(F)cc1)Nc1ccc(F)cc1. The van der Waals surface area contributed by atoms with Crippen LogP contribution in [0, 0.1) is 11.6 Å². The van der Waals surface area contributed by atoms with Gasteiger partial charge in [0.05, 0.1) is 12.1 Å². The van der Waals surface area contributed by atoms with E-state index in [0.29, 0.717) is 16.4 Å². The zero-order valence-electron chi connectivity index (χ0n) is 17.2. The maximum Gasteiger partial charge on any atom is 0.256 e. The molecule has 0 aliphatic carbocycles. The molecule has 1 aliphatic heterocycles. The third-order valence-electron chi connectivity index (χ3n) is 5.18. The molecule has 0 radical (unpaired) electrons. The van der Waals surface area contributed by atoms with Crippen LogP contribution in [0.15, 0.2) is 72.8 Å². The first kappa shape index (κ1) is 22.8. The molecule has 33 heavy (non-hydrogen) atoms. The Bertz CT molecular complexity index is 1190. The minimum atomic E-state index is -0.876. The van der Waals surface area contributed by atoms with Crippen molar-refractivity contribution >= 4 is 52.1 Å². The van der Waals surface area contributed by atoms with Gasteiger partial charge in [0.15, 0.2) is 5.11 Å². The predicted molar refractivity (Wildman–Crippen MR) is 127 cm³/mol. The van der Waals surface area contributed by atoms with Crippen molar-refractivity contribution in [2.24, 2.45) is 0 Å². The fourth-order valence-corrected chi connectivity index (χ4v) is 4.06. The largest absolute Gasteiger partial charge is 0.332 e. The molecule has 0 spiro atoms. The summed E-state index contributed by atoms with van der Waals surface area (Å²) in [5.41, 5.74) is 1.67. The Kier molecular flexibility index (Phi) is 6.67. The first-order chi connectivity index (χ1) is 15.8. The summed E-state index contributed by atoms with van der Waals surface area (Å²) < 4.78 is 26.5. The van der Waals surface area contributed by atoms with Crippen molar-refractivity contribution in [3.8, 4) is 0 Å². The molecule has 1 atom stereocenters. The van der Waals surface area contributed by atoms with Crippen LogP contribution in [0.1, 0.15) is 12.0 Å². The number of nitrogens with zero attached hydrogens (tertiary/aromatic N) is 2. The zero-order valence-corrected chi connectivity index (χ0v) is 18.7. The molecule has 0 saturated carbocycles. The zero-order chi connectivity index (χ0) is 23.5. The number of amides is 2. The van der Waals surface area contributed by atoms with Gasteiger partial charge in [-0.05, 0) is 78.4 Å². The lowest BCUT2D eigenvalue weighted by molar-refractivity contribution is -0.124. The molecule has 5 nitrogen and oxygen atoms in total. The molecule has 1 aliphatic rings. The summed E-state index contributed by atoms with van der Waals surface area (Å²) in [6, 6.07) is 16.9. The average Bonchev–Trinajstić information content (AvgIpc) is 3.01. The van der Waals surface area contributed by atoms with E-state index in [1.165, 1.54) is 41.3 Å². The number of carbonyl (C=O) groups excluding carboxylic acids is 2. The number of thiocarbonyl (C=S) groups is 1. The van der Waals surface area contributed by atoms with Crippen LogP contribution in [0.5, 0.6) is 0 Å². The molecule has 1 saturated heterocycles. The van der Waals surface area contributed by atoms with Crippen LogP contribution in [-0.2, 0) is 16.1 Å². The van der Waals surface area contributed by atoms with Crippen LogP contribution < -0.4 is 10.2 Å². The molecule has 0 bridgehead atoms. The molecule has 168 valence electrons. The second-order valence-electron chi connectivity index (χ2n) is 7.46. The number of nitrogens with one attached hydrogen (secondary N) is 1. The number of anilines is 2. The Morgan fingerprint density at radius 1 is 0.939 bits per heavy atom. The molecular weight excluding hydrogens is 468 g/mol. The van der Waals surface area contributed by atoms with Gasteiger partial charge in [0.25, 0.3) is 5.91 Å². The first-order valence-corrected chi connectivity index (χ1v) is 10.8. The molecular formula is C24H18ClF2N3O2S. The topological polar surface area (TPSA) is 52.7 Å². The Balaban J connectivity index is 1.59. The van der Waals surface area contributed by atoms with E-state index in [-0.39, 0.29) is 29.8 Å². The Morgan fingerprint density at radius 2 is 1.52 bits per heavy atom. The minimum Gasteiger partial charge on any atom is -0.332 e. The van der Waals surface area contributed by atoms with E-state index in [4.69, 9.17) is 23.8 Å². The maximum atomic E-state index is 13.4. The van der Waals surface area contributed by atoms with E-state index in [1.54, 1.807) is 41.3 Å². The van der Waals surface area contributed by atoms with Crippen molar-refractivity contribution in [2.75, 3.05) is 10.2 Å². The smallest absolute Gasteiger partial charge is 0.256 e. The second kappa shape index (κ2) is 9.64. The van der Waals surface area contributed by atoms with E-state index in [1.807, 2.05) is 0 Å². The Morgan fingerprint density at radius 3 is 2.12 bits per heavy atom. The molecule has 1 heterocycles. The van der Waals surface area contributed by atoms with Gasteiger partial charge in [-0.15, -0.1) is 0 Å². The van der Waals surface area contributed by atoms with Crippen molar-refractivity contribution in [3.05, 3.63) is 95.0 Å². The summed E-state index contributed by atoms with van der Waals surface area (Å²) in [4.78, 5) is 29.1.